The lowest BCUT2D eigenvalue weighted by molar-refractivity contribution is 0.285. The Balaban J connectivity index is 1.90. The summed E-state index contributed by atoms with van der Waals surface area (Å²) >= 11 is 7.32. The Morgan fingerprint density at radius 2 is 2.07 bits per heavy atom. The third kappa shape index (κ3) is 3.56. The van der Waals surface area contributed by atoms with Crippen molar-refractivity contribution in [3.63, 3.8) is 0 Å². The van der Waals surface area contributed by atoms with E-state index < -0.39 is 5.82 Å². The van der Waals surface area contributed by atoms with Crippen LogP contribution in [0.1, 0.15) is 12.5 Å². The van der Waals surface area contributed by atoms with E-state index in [1.807, 2.05) is 36.3 Å². The fourth-order valence-corrected chi connectivity index (χ4v) is 3.90. The third-order valence-electron chi connectivity index (χ3n) is 4.95. The summed E-state index contributed by atoms with van der Waals surface area (Å²) in [5, 5.41) is 0.573. The maximum Gasteiger partial charge on any atom is 0.228 e. The van der Waals surface area contributed by atoms with E-state index in [0.29, 0.717) is 41.0 Å². The van der Waals surface area contributed by atoms with Crippen LogP contribution in [0.4, 0.5) is 10.2 Å². The molecule has 1 aliphatic rings. The van der Waals surface area contributed by atoms with Crippen LogP contribution in [0, 0.1) is 5.82 Å². The van der Waals surface area contributed by atoms with Gasteiger partial charge >= 0.3 is 0 Å². The predicted molar refractivity (Wildman–Crippen MR) is 115 cm³/mol. The van der Waals surface area contributed by atoms with Gasteiger partial charge in [0.2, 0.25) is 5.88 Å². The van der Waals surface area contributed by atoms with Crippen LogP contribution in [0.5, 0.6) is 17.4 Å². The normalized spacial score (nSPS) is 15.7. The lowest BCUT2D eigenvalue weighted by atomic mass is 10.1. The molecule has 0 unspecified atom stereocenters. The number of aromatic nitrogens is 3. The van der Waals surface area contributed by atoms with Crippen molar-refractivity contribution in [3.8, 4) is 17.4 Å². The molecule has 0 N–H and O–H groups in total. The highest BCUT2D eigenvalue weighted by Gasteiger charge is 2.30. The molecule has 0 fully saturated rings. The van der Waals surface area contributed by atoms with Crippen LogP contribution in [0.3, 0.4) is 0 Å². The lowest BCUT2D eigenvalue weighted by Gasteiger charge is -2.29. The SMILES string of the molecule is COc1ccc(CN2c3nc(SC)nc4c(F)c(Cl)nc(c34)OC[C@@H]2C)c(OC)c1. The molecule has 3 aromatic rings. The number of rotatable bonds is 5. The molecule has 4 rings (SSSR count). The van der Waals surface area contributed by atoms with Gasteiger partial charge in [-0.3, -0.25) is 0 Å². The minimum absolute atomic E-state index is 0.0827. The maximum atomic E-state index is 14.8. The Hall–Kier alpha value is -2.52. The van der Waals surface area contributed by atoms with E-state index in [4.69, 9.17) is 25.8 Å². The van der Waals surface area contributed by atoms with Gasteiger partial charge in [0.15, 0.2) is 16.1 Å². The fraction of sp³-hybridized carbons (Fsp3) is 0.350. The first kappa shape index (κ1) is 20.7. The molecule has 0 saturated heterocycles. The van der Waals surface area contributed by atoms with E-state index in [9.17, 15) is 4.39 Å². The van der Waals surface area contributed by atoms with Gasteiger partial charge in [0.25, 0.3) is 0 Å². The van der Waals surface area contributed by atoms with Crippen LogP contribution in [0.2, 0.25) is 5.15 Å². The molecule has 2 aromatic heterocycles. The number of anilines is 1. The smallest absolute Gasteiger partial charge is 0.228 e. The van der Waals surface area contributed by atoms with Crippen molar-refractivity contribution in [1.82, 2.24) is 15.0 Å². The summed E-state index contributed by atoms with van der Waals surface area (Å²) in [6, 6.07) is 5.55. The van der Waals surface area contributed by atoms with Gasteiger partial charge in [-0.25, -0.2) is 14.4 Å². The summed E-state index contributed by atoms with van der Waals surface area (Å²) in [5.41, 5.74) is 1.02. The average Bonchev–Trinajstić information content (AvgIpc) is 2.89. The number of hydrogen-bond acceptors (Lipinski definition) is 8. The zero-order chi connectivity index (χ0) is 21.4. The van der Waals surface area contributed by atoms with Gasteiger partial charge in [0.05, 0.1) is 20.3 Å². The molecule has 0 aliphatic carbocycles. The fourth-order valence-electron chi connectivity index (χ4n) is 3.38. The van der Waals surface area contributed by atoms with E-state index in [-0.39, 0.29) is 22.6 Å². The Morgan fingerprint density at radius 1 is 1.27 bits per heavy atom. The van der Waals surface area contributed by atoms with Gasteiger partial charge in [-0.2, -0.15) is 4.98 Å². The van der Waals surface area contributed by atoms with Crippen LogP contribution in [-0.2, 0) is 6.54 Å². The molecule has 0 amide bonds. The first-order valence-electron chi connectivity index (χ1n) is 9.17. The highest BCUT2D eigenvalue weighted by atomic mass is 35.5. The summed E-state index contributed by atoms with van der Waals surface area (Å²) < 4.78 is 31.5. The Bertz CT molecular complexity index is 1120. The summed E-state index contributed by atoms with van der Waals surface area (Å²) in [7, 11) is 3.21. The maximum absolute atomic E-state index is 14.8. The van der Waals surface area contributed by atoms with Crippen LogP contribution >= 0.6 is 23.4 Å². The van der Waals surface area contributed by atoms with Crippen molar-refractivity contribution in [2.75, 3.05) is 32.0 Å². The summed E-state index contributed by atoms with van der Waals surface area (Å²) in [5.74, 6) is 1.47. The first-order chi connectivity index (χ1) is 14.5. The molecule has 0 spiro atoms. The number of methoxy groups -OCH3 is 2. The Morgan fingerprint density at radius 3 is 2.77 bits per heavy atom. The minimum Gasteiger partial charge on any atom is -0.497 e. The molecule has 0 bridgehead atoms. The van der Waals surface area contributed by atoms with Crippen LogP contribution < -0.4 is 19.1 Å². The van der Waals surface area contributed by atoms with Gasteiger partial charge in [-0.05, 0) is 25.3 Å². The number of benzene rings is 1. The molecule has 158 valence electrons. The first-order valence-corrected chi connectivity index (χ1v) is 10.8. The highest BCUT2D eigenvalue weighted by Crippen LogP contribution is 2.40. The number of hydrogen-bond donors (Lipinski definition) is 0. The predicted octanol–water partition coefficient (Wildman–Crippen LogP) is 4.34. The minimum atomic E-state index is -0.686. The van der Waals surface area contributed by atoms with E-state index in [1.165, 1.54) is 11.8 Å². The molecular formula is C20H20ClFN4O3S. The molecule has 0 saturated carbocycles. The van der Waals surface area contributed by atoms with Gasteiger partial charge in [0, 0.05) is 18.2 Å². The monoisotopic (exact) mass is 450 g/mol. The van der Waals surface area contributed by atoms with Gasteiger partial charge in [-0.15, -0.1) is 0 Å². The molecule has 1 aliphatic heterocycles. The molecule has 10 heteroatoms. The molecule has 1 aromatic carbocycles. The van der Waals surface area contributed by atoms with Crippen molar-refractivity contribution in [2.24, 2.45) is 0 Å². The summed E-state index contributed by atoms with van der Waals surface area (Å²) in [6.07, 6.45) is 1.84. The number of ether oxygens (including phenoxy) is 3. The second-order valence-electron chi connectivity index (χ2n) is 6.74. The van der Waals surface area contributed by atoms with Gasteiger partial charge in [0.1, 0.15) is 34.8 Å². The molecule has 0 radical (unpaired) electrons. The summed E-state index contributed by atoms with van der Waals surface area (Å²) in [6.45, 7) is 2.79. The third-order valence-corrected chi connectivity index (χ3v) is 5.75. The van der Waals surface area contributed by atoms with Gasteiger partial charge in [-0.1, -0.05) is 23.4 Å². The van der Waals surface area contributed by atoms with Crippen LogP contribution in [-0.4, -0.2) is 48.1 Å². The van der Waals surface area contributed by atoms with Crippen molar-refractivity contribution < 1.29 is 18.6 Å². The van der Waals surface area contributed by atoms with Crippen molar-refractivity contribution in [2.45, 2.75) is 24.7 Å². The quantitative estimate of drug-likeness (QED) is 0.323. The van der Waals surface area contributed by atoms with Crippen molar-refractivity contribution in [1.29, 1.82) is 0 Å². The van der Waals surface area contributed by atoms with E-state index in [0.717, 1.165) is 5.56 Å². The number of thioether (sulfide) groups is 1. The summed E-state index contributed by atoms with van der Waals surface area (Å²) in [4.78, 5) is 15.1. The molecule has 3 heterocycles. The van der Waals surface area contributed by atoms with E-state index in [1.54, 1.807) is 14.2 Å². The Labute approximate surface area is 182 Å². The number of nitrogens with zero attached hydrogens (tertiary/aromatic N) is 4. The van der Waals surface area contributed by atoms with Crippen LogP contribution in [0.15, 0.2) is 23.4 Å². The molecule has 1 atom stereocenters. The van der Waals surface area contributed by atoms with Crippen molar-refractivity contribution in [3.05, 3.63) is 34.7 Å². The zero-order valence-electron chi connectivity index (χ0n) is 16.9. The second-order valence-corrected chi connectivity index (χ2v) is 7.88. The van der Waals surface area contributed by atoms with E-state index >= 15 is 0 Å². The standard InChI is InChI=1S/C20H20ClFN4O3S/c1-10-9-29-19-14-16(15(22)17(21)24-19)23-20(30-4)25-18(14)26(10)8-11-5-6-12(27-2)7-13(11)28-3/h5-7,10H,8-9H2,1-4H3/t10-/m0/s1. The molecular weight excluding hydrogens is 431 g/mol. The zero-order valence-corrected chi connectivity index (χ0v) is 18.5. The van der Waals surface area contributed by atoms with E-state index in [2.05, 4.69) is 15.0 Å². The van der Waals surface area contributed by atoms with Gasteiger partial charge < -0.3 is 19.1 Å². The average molecular weight is 451 g/mol. The van der Waals surface area contributed by atoms with Crippen LogP contribution in [0.25, 0.3) is 10.9 Å². The molecule has 30 heavy (non-hydrogen) atoms. The largest absolute Gasteiger partial charge is 0.497 e. The number of halogens is 2. The molecule has 7 nitrogen and oxygen atoms in total. The second kappa shape index (κ2) is 8.31. The topological polar surface area (TPSA) is 69.6 Å². The Kier molecular flexibility index (Phi) is 5.75. The number of pyridine rings is 1. The van der Waals surface area contributed by atoms with Crippen molar-refractivity contribution >= 4 is 40.1 Å². The lowest BCUT2D eigenvalue weighted by Crippen LogP contribution is -2.36. The highest BCUT2D eigenvalue weighted by molar-refractivity contribution is 7.98.